The van der Waals surface area contributed by atoms with E-state index in [0.717, 1.165) is 31.4 Å². The van der Waals surface area contributed by atoms with E-state index < -0.39 is 5.97 Å². The Bertz CT molecular complexity index is 402. The largest absolute Gasteiger partial charge is 0.481 e. The molecule has 1 heterocycles. The molecule has 2 rings (SSSR count). The molecule has 0 saturated heterocycles. The molecule has 5 nitrogen and oxygen atoms in total. The van der Waals surface area contributed by atoms with Crippen molar-refractivity contribution in [3.05, 3.63) is 18.0 Å². The number of carboxylic acid groups (broad SMARTS) is 1. The smallest absolute Gasteiger partial charge is 0.308 e. The maximum Gasteiger partial charge on any atom is 0.308 e. The Kier molecular flexibility index (Phi) is 3.47. The van der Waals surface area contributed by atoms with Gasteiger partial charge in [-0.15, -0.1) is 0 Å². The summed E-state index contributed by atoms with van der Waals surface area (Å²) < 4.78 is 1.77. The van der Waals surface area contributed by atoms with E-state index in [4.69, 9.17) is 5.11 Å². The molecule has 94 valence electrons. The van der Waals surface area contributed by atoms with Crippen LogP contribution in [-0.2, 0) is 18.4 Å². The highest BCUT2D eigenvalue weighted by Gasteiger charge is 2.35. The number of rotatable bonds is 4. The van der Waals surface area contributed by atoms with Crippen LogP contribution in [0.5, 0.6) is 0 Å². The normalized spacial score (nSPS) is 24.4. The first kappa shape index (κ1) is 12.1. The van der Waals surface area contributed by atoms with Gasteiger partial charge in [0, 0.05) is 31.4 Å². The SMILES string of the molecule is CN(Cc1cnn(C)c1)C1CCCC1C(=O)O. The highest BCUT2D eigenvalue weighted by atomic mass is 16.4. The number of aromatic nitrogens is 2. The molecule has 0 aromatic carbocycles. The lowest BCUT2D eigenvalue weighted by molar-refractivity contribution is -0.143. The number of aryl methyl sites for hydroxylation is 1. The van der Waals surface area contributed by atoms with E-state index in [1.165, 1.54) is 0 Å². The van der Waals surface area contributed by atoms with Crippen LogP contribution in [0, 0.1) is 5.92 Å². The number of aliphatic carboxylic acids is 1. The number of hydrogen-bond donors (Lipinski definition) is 1. The highest BCUT2D eigenvalue weighted by molar-refractivity contribution is 5.71. The average Bonchev–Trinajstić information content (AvgIpc) is 2.86. The van der Waals surface area contributed by atoms with Crippen molar-refractivity contribution in [1.29, 1.82) is 0 Å². The third-order valence-electron chi connectivity index (χ3n) is 3.55. The van der Waals surface area contributed by atoms with Crippen LogP contribution in [-0.4, -0.2) is 38.8 Å². The number of nitrogens with zero attached hydrogens (tertiary/aromatic N) is 3. The van der Waals surface area contributed by atoms with Crippen molar-refractivity contribution >= 4 is 5.97 Å². The fourth-order valence-corrected chi connectivity index (χ4v) is 2.71. The monoisotopic (exact) mass is 237 g/mol. The number of carbonyl (C=O) groups is 1. The second-order valence-electron chi connectivity index (χ2n) is 4.88. The first-order chi connectivity index (χ1) is 8.08. The Morgan fingerprint density at radius 2 is 2.41 bits per heavy atom. The standard InChI is InChI=1S/C12H19N3O2/c1-14(7-9-6-13-15(2)8-9)11-5-3-4-10(11)12(16)17/h6,8,10-11H,3-5,7H2,1-2H3,(H,16,17). The second kappa shape index (κ2) is 4.87. The van der Waals surface area contributed by atoms with Gasteiger partial charge in [-0.2, -0.15) is 5.10 Å². The maximum absolute atomic E-state index is 11.1. The lowest BCUT2D eigenvalue weighted by atomic mass is 10.0. The molecule has 1 saturated carbocycles. The van der Waals surface area contributed by atoms with Crippen molar-refractivity contribution in [2.24, 2.45) is 13.0 Å². The molecule has 0 bridgehead atoms. The summed E-state index contributed by atoms with van der Waals surface area (Å²) in [5.74, 6) is -0.873. The van der Waals surface area contributed by atoms with Crippen LogP contribution < -0.4 is 0 Å². The molecule has 1 fully saturated rings. The molecular weight excluding hydrogens is 218 g/mol. The minimum atomic E-state index is -0.662. The van der Waals surface area contributed by atoms with Crippen LogP contribution in [0.3, 0.4) is 0 Å². The van der Waals surface area contributed by atoms with Crippen LogP contribution in [0.15, 0.2) is 12.4 Å². The van der Waals surface area contributed by atoms with Crippen molar-refractivity contribution in [3.63, 3.8) is 0 Å². The minimum absolute atomic E-state index is 0.160. The lowest BCUT2D eigenvalue weighted by Gasteiger charge is -2.27. The molecule has 1 aliphatic carbocycles. The second-order valence-corrected chi connectivity index (χ2v) is 4.88. The summed E-state index contributed by atoms with van der Waals surface area (Å²) in [7, 11) is 3.89. The van der Waals surface area contributed by atoms with Crippen LogP contribution >= 0.6 is 0 Å². The van der Waals surface area contributed by atoms with E-state index in [1.54, 1.807) is 4.68 Å². The van der Waals surface area contributed by atoms with Gasteiger partial charge in [0.1, 0.15) is 0 Å². The van der Waals surface area contributed by atoms with Crippen LogP contribution in [0.4, 0.5) is 0 Å². The Morgan fingerprint density at radius 1 is 1.65 bits per heavy atom. The van der Waals surface area contributed by atoms with E-state index in [0.29, 0.717) is 0 Å². The molecule has 17 heavy (non-hydrogen) atoms. The topological polar surface area (TPSA) is 58.4 Å². The van der Waals surface area contributed by atoms with Gasteiger partial charge < -0.3 is 5.11 Å². The van der Waals surface area contributed by atoms with Crippen molar-refractivity contribution in [3.8, 4) is 0 Å². The van der Waals surface area contributed by atoms with Crippen molar-refractivity contribution < 1.29 is 9.90 Å². The fraction of sp³-hybridized carbons (Fsp3) is 0.667. The predicted octanol–water partition coefficient (Wildman–Crippen LogP) is 1.11. The van der Waals surface area contributed by atoms with E-state index >= 15 is 0 Å². The zero-order valence-corrected chi connectivity index (χ0v) is 10.3. The average molecular weight is 237 g/mol. The summed E-state index contributed by atoms with van der Waals surface area (Å²) >= 11 is 0. The molecule has 0 radical (unpaired) electrons. The van der Waals surface area contributed by atoms with Crippen LogP contribution in [0.2, 0.25) is 0 Å². The summed E-state index contributed by atoms with van der Waals surface area (Å²) in [5, 5.41) is 13.3. The highest BCUT2D eigenvalue weighted by Crippen LogP contribution is 2.30. The summed E-state index contributed by atoms with van der Waals surface area (Å²) in [4.78, 5) is 13.3. The van der Waals surface area contributed by atoms with Gasteiger partial charge in [-0.1, -0.05) is 6.42 Å². The van der Waals surface area contributed by atoms with Crippen LogP contribution in [0.1, 0.15) is 24.8 Å². The van der Waals surface area contributed by atoms with E-state index in [1.807, 2.05) is 26.5 Å². The lowest BCUT2D eigenvalue weighted by Crippen LogP contribution is -2.37. The van der Waals surface area contributed by atoms with Gasteiger partial charge in [-0.3, -0.25) is 14.4 Å². The van der Waals surface area contributed by atoms with Gasteiger partial charge in [0.2, 0.25) is 0 Å². The molecule has 1 aromatic heterocycles. The molecule has 1 N–H and O–H groups in total. The Balaban J connectivity index is 1.99. The van der Waals surface area contributed by atoms with Gasteiger partial charge in [-0.25, -0.2) is 0 Å². The molecule has 0 amide bonds. The molecule has 5 heteroatoms. The third kappa shape index (κ3) is 2.66. The van der Waals surface area contributed by atoms with E-state index in [9.17, 15) is 4.79 Å². The number of carboxylic acids is 1. The minimum Gasteiger partial charge on any atom is -0.481 e. The molecule has 1 aromatic rings. The molecule has 2 unspecified atom stereocenters. The molecular formula is C12H19N3O2. The third-order valence-corrected chi connectivity index (χ3v) is 3.55. The molecule has 0 aliphatic heterocycles. The summed E-state index contributed by atoms with van der Waals surface area (Å²) in [6.45, 7) is 0.766. The molecule has 2 atom stereocenters. The Labute approximate surface area is 101 Å². The summed E-state index contributed by atoms with van der Waals surface area (Å²) in [5.41, 5.74) is 1.13. The maximum atomic E-state index is 11.1. The Hall–Kier alpha value is -1.36. The molecule has 1 aliphatic rings. The number of hydrogen-bond acceptors (Lipinski definition) is 3. The predicted molar refractivity (Wildman–Crippen MR) is 63.4 cm³/mol. The van der Waals surface area contributed by atoms with Gasteiger partial charge in [0.25, 0.3) is 0 Å². The van der Waals surface area contributed by atoms with Crippen molar-refractivity contribution in [2.75, 3.05) is 7.05 Å². The Morgan fingerprint density at radius 3 is 3.00 bits per heavy atom. The molecule has 0 spiro atoms. The van der Waals surface area contributed by atoms with Gasteiger partial charge in [0.05, 0.1) is 12.1 Å². The first-order valence-electron chi connectivity index (χ1n) is 5.98. The van der Waals surface area contributed by atoms with Gasteiger partial charge in [-0.05, 0) is 19.9 Å². The first-order valence-corrected chi connectivity index (χ1v) is 5.98. The summed E-state index contributed by atoms with van der Waals surface area (Å²) in [6.07, 6.45) is 6.60. The zero-order chi connectivity index (χ0) is 12.4. The van der Waals surface area contributed by atoms with E-state index in [-0.39, 0.29) is 12.0 Å². The summed E-state index contributed by atoms with van der Waals surface area (Å²) in [6, 6.07) is 0.160. The van der Waals surface area contributed by atoms with E-state index in [2.05, 4.69) is 10.00 Å². The van der Waals surface area contributed by atoms with Gasteiger partial charge in [0.15, 0.2) is 0 Å². The van der Waals surface area contributed by atoms with Crippen molar-refractivity contribution in [1.82, 2.24) is 14.7 Å². The zero-order valence-electron chi connectivity index (χ0n) is 10.3. The fourth-order valence-electron chi connectivity index (χ4n) is 2.71. The van der Waals surface area contributed by atoms with Crippen LogP contribution in [0.25, 0.3) is 0 Å². The van der Waals surface area contributed by atoms with Gasteiger partial charge >= 0.3 is 5.97 Å². The quantitative estimate of drug-likeness (QED) is 0.852. The van der Waals surface area contributed by atoms with Crippen molar-refractivity contribution in [2.45, 2.75) is 31.8 Å².